The number of ether oxygens (including phenoxy) is 4. The van der Waals surface area contributed by atoms with Gasteiger partial charge in [-0.15, -0.1) is 0 Å². The number of carbonyl (C=O) groups excluding carboxylic acids is 1. The molecule has 0 saturated carbocycles. The molecule has 0 aromatic rings. The van der Waals surface area contributed by atoms with Crippen LogP contribution in [-0.2, 0) is 23.7 Å². The van der Waals surface area contributed by atoms with Crippen LogP contribution in [0, 0.1) is 0 Å². The Morgan fingerprint density at radius 2 is 1.09 bits per heavy atom. The average molecular weight is 906 g/mol. The molecule has 2 saturated heterocycles. The van der Waals surface area contributed by atoms with E-state index in [2.05, 4.69) is 92.1 Å². The Morgan fingerprint density at radius 1 is 0.578 bits per heavy atom. The highest BCUT2D eigenvalue weighted by atomic mass is 16.7. The summed E-state index contributed by atoms with van der Waals surface area (Å²) in [5.74, 6) is -0.288. The van der Waals surface area contributed by atoms with E-state index >= 15 is 0 Å². The lowest BCUT2D eigenvalue weighted by Crippen LogP contribution is -2.65. The van der Waals surface area contributed by atoms with Crippen LogP contribution in [0.1, 0.15) is 129 Å². The first-order valence-electron chi connectivity index (χ1n) is 23.8. The zero-order valence-corrected chi connectivity index (χ0v) is 38.5. The molecule has 14 nitrogen and oxygen atoms in total. The van der Waals surface area contributed by atoms with Gasteiger partial charge in [0.1, 0.15) is 48.8 Å². The highest BCUT2D eigenvalue weighted by Gasteiger charge is 2.50. The van der Waals surface area contributed by atoms with Crippen molar-refractivity contribution in [2.75, 3.05) is 19.8 Å². The number of aliphatic hydroxyl groups is 8. The molecule has 0 spiro atoms. The fraction of sp³-hybridized carbons (Fsp3) is 0.700. The van der Waals surface area contributed by atoms with Gasteiger partial charge < -0.3 is 65.1 Å². The molecule has 0 aromatic carbocycles. The normalized spacial score (nSPS) is 28.0. The summed E-state index contributed by atoms with van der Waals surface area (Å²) in [7, 11) is 0. The summed E-state index contributed by atoms with van der Waals surface area (Å²) >= 11 is 0. The van der Waals surface area contributed by atoms with Crippen molar-refractivity contribution in [2.24, 2.45) is 0 Å². The van der Waals surface area contributed by atoms with Gasteiger partial charge in [0.05, 0.1) is 32.0 Å². The van der Waals surface area contributed by atoms with E-state index in [0.29, 0.717) is 12.8 Å². The molecule has 2 heterocycles. The van der Waals surface area contributed by atoms with Gasteiger partial charge in [0.25, 0.3) is 0 Å². The number of hydrogen-bond acceptors (Lipinski definition) is 13. The summed E-state index contributed by atoms with van der Waals surface area (Å²) in [6, 6.07) is -0.952. The predicted molar refractivity (Wildman–Crippen MR) is 249 cm³/mol. The lowest BCUT2D eigenvalue weighted by atomic mass is 9.97. The molecule has 0 aliphatic carbocycles. The lowest BCUT2D eigenvalue weighted by Gasteiger charge is -2.46. The Labute approximate surface area is 382 Å². The van der Waals surface area contributed by atoms with Gasteiger partial charge in [-0.2, -0.15) is 0 Å². The largest absolute Gasteiger partial charge is 0.394 e. The van der Waals surface area contributed by atoms with E-state index in [0.717, 1.165) is 70.6 Å². The van der Waals surface area contributed by atoms with Gasteiger partial charge in [0, 0.05) is 6.42 Å². The first-order chi connectivity index (χ1) is 31.1. The molecule has 14 heteroatoms. The van der Waals surface area contributed by atoms with Crippen LogP contribution in [0.15, 0.2) is 85.1 Å². The van der Waals surface area contributed by atoms with E-state index in [4.69, 9.17) is 18.9 Å². The molecule has 12 atom stereocenters. The molecule has 1 amide bonds. The van der Waals surface area contributed by atoms with Crippen LogP contribution in [0.4, 0.5) is 0 Å². The van der Waals surface area contributed by atoms with E-state index in [1.54, 1.807) is 6.08 Å². The zero-order valence-electron chi connectivity index (χ0n) is 38.5. The van der Waals surface area contributed by atoms with Crippen molar-refractivity contribution in [3.63, 3.8) is 0 Å². The van der Waals surface area contributed by atoms with E-state index in [1.807, 2.05) is 6.08 Å². The van der Waals surface area contributed by atoms with E-state index < -0.39 is 86.8 Å². The Balaban J connectivity index is 1.89. The minimum absolute atomic E-state index is 0.229. The molecular weight excluding hydrogens is 823 g/mol. The van der Waals surface area contributed by atoms with Crippen LogP contribution >= 0.6 is 0 Å². The van der Waals surface area contributed by atoms with Crippen molar-refractivity contribution < 1.29 is 64.6 Å². The molecule has 12 unspecified atom stereocenters. The van der Waals surface area contributed by atoms with E-state index in [-0.39, 0.29) is 18.9 Å². The third-order valence-corrected chi connectivity index (χ3v) is 11.1. The molecule has 2 aliphatic rings. The molecule has 64 heavy (non-hydrogen) atoms. The third kappa shape index (κ3) is 23.6. The molecule has 0 bridgehead atoms. The molecule has 2 aliphatic heterocycles. The Bertz CT molecular complexity index is 1400. The first-order valence-corrected chi connectivity index (χ1v) is 23.8. The van der Waals surface area contributed by atoms with Gasteiger partial charge in [0.15, 0.2) is 12.6 Å². The van der Waals surface area contributed by atoms with E-state index in [9.17, 15) is 45.6 Å². The quantitative estimate of drug-likeness (QED) is 0.0291. The van der Waals surface area contributed by atoms with Crippen LogP contribution < -0.4 is 5.32 Å². The maximum absolute atomic E-state index is 13.1. The Morgan fingerprint density at radius 3 is 1.70 bits per heavy atom. The van der Waals surface area contributed by atoms with Crippen LogP contribution in [0.2, 0.25) is 0 Å². The van der Waals surface area contributed by atoms with Crippen molar-refractivity contribution in [1.82, 2.24) is 5.32 Å². The molecule has 0 radical (unpaired) electrons. The smallest absolute Gasteiger partial charge is 0.220 e. The van der Waals surface area contributed by atoms with Gasteiger partial charge in [-0.3, -0.25) is 4.79 Å². The summed E-state index contributed by atoms with van der Waals surface area (Å²) in [6.07, 6.45) is 29.2. The van der Waals surface area contributed by atoms with E-state index in [1.165, 1.54) is 25.7 Å². The Kier molecular flexibility index (Phi) is 32.5. The molecule has 9 N–H and O–H groups in total. The SMILES string of the molecule is CC/C=C\C/C=C\C/C=C\C/C=C\C/C=C\CCCCCC(=O)NC(COC1OC(CO)C(OC2OC(CO)C(O)C(O)C2O)C(O)C1O)C(O)/C=C/CC/C=C/CCCCCCC. The number of rotatable bonds is 34. The standard InChI is InChI=1S/C50H83NO13/c1-3-5-7-9-11-13-15-16-17-18-19-20-21-22-24-26-28-30-32-34-42(55)51-38(39(54)33-31-29-27-25-23-14-12-10-8-6-4-2)37-61-49-47(60)45(58)48(41(36-53)63-49)64-50-46(59)44(57)43(56)40(35-52)62-50/h5,7,11,13,16-17,19-20,22-25,31,33,38-41,43-50,52-54,56-60H,3-4,6,8-10,12,14-15,18,21,26-30,32,34-37H2,1-2H3,(H,51,55)/b7-5-,13-11-,17-16-,20-19-,24-22-,25-23+,33-31+. The third-order valence-electron chi connectivity index (χ3n) is 11.1. The summed E-state index contributed by atoms with van der Waals surface area (Å²) in [6.45, 7) is 2.56. The van der Waals surface area contributed by atoms with Crippen molar-refractivity contribution >= 4 is 5.91 Å². The molecule has 2 rings (SSSR count). The monoisotopic (exact) mass is 906 g/mol. The van der Waals surface area contributed by atoms with Crippen LogP contribution in [0.5, 0.6) is 0 Å². The number of unbranched alkanes of at least 4 members (excludes halogenated alkanes) is 9. The van der Waals surface area contributed by atoms with Crippen LogP contribution in [0.25, 0.3) is 0 Å². The molecule has 366 valence electrons. The number of amides is 1. The summed E-state index contributed by atoms with van der Waals surface area (Å²) < 4.78 is 22.6. The van der Waals surface area contributed by atoms with Crippen LogP contribution in [-0.4, -0.2) is 140 Å². The lowest BCUT2D eigenvalue weighted by molar-refractivity contribution is -0.359. The van der Waals surface area contributed by atoms with Crippen molar-refractivity contribution in [3.05, 3.63) is 85.1 Å². The molecule has 0 aromatic heterocycles. The zero-order chi connectivity index (χ0) is 46.8. The van der Waals surface area contributed by atoms with Crippen molar-refractivity contribution in [2.45, 2.75) is 203 Å². The van der Waals surface area contributed by atoms with Crippen molar-refractivity contribution in [1.29, 1.82) is 0 Å². The summed E-state index contributed by atoms with van der Waals surface area (Å²) in [5, 5.41) is 86.5. The highest BCUT2D eigenvalue weighted by Crippen LogP contribution is 2.30. The van der Waals surface area contributed by atoms with Crippen molar-refractivity contribution in [3.8, 4) is 0 Å². The number of nitrogens with one attached hydrogen (secondary N) is 1. The topological polar surface area (TPSA) is 228 Å². The second kappa shape index (κ2) is 36.3. The first kappa shape index (κ1) is 57.3. The predicted octanol–water partition coefficient (Wildman–Crippen LogP) is 5.43. The maximum Gasteiger partial charge on any atom is 0.220 e. The Hall–Kier alpha value is -2.83. The minimum Gasteiger partial charge on any atom is -0.394 e. The number of hydrogen-bond donors (Lipinski definition) is 9. The average Bonchev–Trinajstić information content (AvgIpc) is 3.29. The summed E-state index contributed by atoms with van der Waals surface area (Å²) in [5.41, 5.74) is 0. The molecular formula is C50H83NO13. The minimum atomic E-state index is -1.80. The maximum atomic E-state index is 13.1. The number of aliphatic hydroxyl groups excluding tert-OH is 8. The molecule has 2 fully saturated rings. The van der Waals surface area contributed by atoms with Crippen LogP contribution in [0.3, 0.4) is 0 Å². The highest BCUT2D eigenvalue weighted by molar-refractivity contribution is 5.76. The van der Waals surface area contributed by atoms with Gasteiger partial charge in [-0.1, -0.05) is 131 Å². The van der Waals surface area contributed by atoms with Gasteiger partial charge in [-0.25, -0.2) is 0 Å². The van der Waals surface area contributed by atoms with Gasteiger partial charge >= 0.3 is 0 Å². The summed E-state index contributed by atoms with van der Waals surface area (Å²) in [4.78, 5) is 13.1. The van der Waals surface area contributed by atoms with Gasteiger partial charge in [-0.05, 0) is 77.0 Å². The fourth-order valence-corrected chi connectivity index (χ4v) is 7.15. The number of allylic oxidation sites excluding steroid dienone is 13. The second-order valence-corrected chi connectivity index (χ2v) is 16.5. The fourth-order valence-electron chi connectivity index (χ4n) is 7.15. The van der Waals surface area contributed by atoms with Gasteiger partial charge in [0.2, 0.25) is 5.91 Å². The second-order valence-electron chi connectivity index (χ2n) is 16.5. The number of carbonyl (C=O) groups is 1.